The number of carbonyl (C=O) groups is 1. The monoisotopic (exact) mass is 366 g/mol. The van der Waals surface area contributed by atoms with Gasteiger partial charge in [-0.05, 0) is 37.8 Å². The number of carbonyl (C=O) groups excluding carboxylic acids is 1. The van der Waals surface area contributed by atoms with E-state index in [4.69, 9.17) is 11.5 Å². The summed E-state index contributed by atoms with van der Waals surface area (Å²) < 4.78 is 1.47. The van der Waals surface area contributed by atoms with Crippen LogP contribution in [0.1, 0.15) is 36.2 Å². The van der Waals surface area contributed by atoms with Gasteiger partial charge in [-0.25, -0.2) is 9.50 Å². The molecule has 0 radical (unpaired) electrons. The summed E-state index contributed by atoms with van der Waals surface area (Å²) in [6.45, 7) is 0. The topological polar surface area (TPSA) is 136 Å². The van der Waals surface area contributed by atoms with Crippen LogP contribution in [-0.4, -0.2) is 37.6 Å². The van der Waals surface area contributed by atoms with E-state index in [2.05, 4.69) is 25.7 Å². The molecule has 0 saturated heterocycles. The highest BCUT2D eigenvalue weighted by molar-refractivity contribution is 6.03. The van der Waals surface area contributed by atoms with E-state index in [1.807, 2.05) is 0 Å². The van der Waals surface area contributed by atoms with Crippen molar-refractivity contribution in [2.45, 2.75) is 37.8 Å². The molecular formula is C18H22N8O. The largest absolute Gasteiger partial charge is 0.396 e. The van der Waals surface area contributed by atoms with Crippen LogP contribution >= 0.6 is 0 Å². The highest BCUT2D eigenvalue weighted by Crippen LogP contribution is 2.23. The van der Waals surface area contributed by atoms with Gasteiger partial charge in [-0.3, -0.25) is 9.78 Å². The summed E-state index contributed by atoms with van der Waals surface area (Å²) in [6, 6.07) is 5.75. The SMILES string of the molecule is Nc1cc(NC2CCC(N)CC2)nn2c(C(=O)Nc3ccncc3)cnc12. The molecule has 3 aromatic heterocycles. The number of imidazole rings is 1. The number of nitrogens with zero attached hydrogens (tertiary/aromatic N) is 4. The Morgan fingerprint density at radius 1 is 1.19 bits per heavy atom. The predicted octanol–water partition coefficient (Wildman–Crippen LogP) is 1.64. The number of amides is 1. The molecule has 0 spiro atoms. The highest BCUT2D eigenvalue weighted by Gasteiger charge is 2.20. The molecule has 9 heteroatoms. The summed E-state index contributed by atoms with van der Waals surface area (Å²) in [6.07, 6.45) is 8.63. The summed E-state index contributed by atoms with van der Waals surface area (Å²) in [4.78, 5) is 20.8. The average Bonchev–Trinajstić information content (AvgIpc) is 3.09. The van der Waals surface area contributed by atoms with Crippen LogP contribution < -0.4 is 22.1 Å². The molecule has 0 aromatic carbocycles. The molecule has 4 rings (SSSR count). The van der Waals surface area contributed by atoms with Gasteiger partial charge in [-0.15, -0.1) is 5.10 Å². The second kappa shape index (κ2) is 7.20. The minimum atomic E-state index is -0.318. The number of hydrogen-bond acceptors (Lipinski definition) is 7. The van der Waals surface area contributed by atoms with E-state index in [1.165, 1.54) is 10.7 Å². The lowest BCUT2D eigenvalue weighted by Crippen LogP contribution is -2.33. The van der Waals surface area contributed by atoms with Crippen molar-refractivity contribution in [1.29, 1.82) is 0 Å². The van der Waals surface area contributed by atoms with E-state index in [9.17, 15) is 4.79 Å². The van der Waals surface area contributed by atoms with Crippen LogP contribution in [0.3, 0.4) is 0 Å². The molecule has 1 aliphatic rings. The van der Waals surface area contributed by atoms with E-state index in [-0.39, 0.29) is 11.9 Å². The number of fused-ring (bicyclic) bond motifs is 1. The first-order valence-corrected chi connectivity index (χ1v) is 8.98. The summed E-state index contributed by atoms with van der Waals surface area (Å²) in [5.74, 6) is 0.304. The van der Waals surface area contributed by atoms with Gasteiger partial charge in [0, 0.05) is 36.2 Å². The normalized spacial score (nSPS) is 19.7. The third-order valence-electron chi connectivity index (χ3n) is 4.79. The second-order valence-corrected chi connectivity index (χ2v) is 6.81. The fourth-order valence-corrected chi connectivity index (χ4v) is 3.32. The van der Waals surface area contributed by atoms with Gasteiger partial charge in [-0.1, -0.05) is 0 Å². The van der Waals surface area contributed by atoms with Gasteiger partial charge in [0.1, 0.15) is 5.82 Å². The zero-order valence-electron chi connectivity index (χ0n) is 14.8. The molecule has 1 amide bonds. The van der Waals surface area contributed by atoms with Crippen LogP contribution in [0.5, 0.6) is 0 Å². The molecule has 9 nitrogen and oxygen atoms in total. The Morgan fingerprint density at radius 3 is 2.67 bits per heavy atom. The van der Waals surface area contributed by atoms with Crippen LogP contribution in [-0.2, 0) is 0 Å². The molecule has 0 bridgehead atoms. The molecule has 0 aliphatic heterocycles. The van der Waals surface area contributed by atoms with E-state index in [0.29, 0.717) is 34.6 Å². The molecule has 1 aliphatic carbocycles. The second-order valence-electron chi connectivity index (χ2n) is 6.81. The lowest BCUT2D eigenvalue weighted by atomic mass is 9.92. The van der Waals surface area contributed by atoms with Crippen LogP contribution in [0.2, 0.25) is 0 Å². The minimum absolute atomic E-state index is 0.278. The Hall–Kier alpha value is -3.20. The molecule has 6 N–H and O–H groups in total. The Morgan fingerprint density at radius 2 is 1.93 bits per heavy atom. The van der Waals surface area contributed by atoms with Crippen molar-refractivity contribution in [2.75, 3.05) is 16.4 Å². The Balaban J connectivity index is 1.59. The molecular weight excluding hydrogens is 344 g/mol. The van der Waals surface area contributed by atoms with Gasteiger partial charge in [0.05, 0.1) is 11.9 Å². The smallest absolute Gasteiger partial charge is 0.276 e. The standard InChI is InChI=1S/C18H22N8O/c19-11-1-3-12(4-2-11)23-16-9-14(20)17-22-10-15(26(17)25-16)18(27)24-13-5-7-21-8-6-13/h5-12H,1-4,19-20H2,(H,23,25)(H,21,24,27). The number of rotatable bonds is 4. The van der Waals surface area contributed by atoms with E-state index in [1.54, 1.807) is 30.6 Å². The Labute approximate surface area is 156 Å². The minimum Gasteiger partial charge on any atom is -0.396 e. The lowest BCUT2D eigenvalue weighted by Gasteiger charge is -2.27. The first-order valence-electron chi connectivity index (χ1n) is 8.98. The molecule has 140 valence electrons. The van der Waals surface area contributed by atoms with E-state index >= 15 is 0 Å². The van der Waals surface area contributed by atoms with Crippen molar-refractivity contribution < 1.29 is 4.79 Å². The van der Waals surface area contributed by atoms with E-state index in [0.717, 1.165) is 25.7 Å². The average molecular weight is 366 g/mol. The number of hydrogen-bond donors (Lipinski definition) is 4. The summed E-state index contributed by atoms with van der Waals surface area (Å²) in [7, 11) is 0. The maximum absolute atomic E-state index is 12.6. The summed E-state index contributed by atoms with van der Waals surface area (Å²) >= 11 is 0. The number of aromatic nitrogens is 4. The van der Waals surface area contributed by atoms with Gasteiger partial charge in [-0.2, -0.15) is 0 Å². The van der Waals surface area contributed by atoms with Crippen LogP contribution in [0, 0.1) is 0 Å². The van der Waals surface area contributed by atoms with Gasteiger partial charge in [0.15, 0.2) is 11.3 Å². The van der Waals surface area contributed by atoms with Gasteiger partial charge >= 0.3 is 0 Å². The molecule has 0 atom stereocenters. The molecule has 27 heavy (non-hydrogen) atoms. The first-order chi connectivity index (χ1) is 13.1. The Bertz CT molecular complexity index is 947. The summed E-state index contributed by atoms with van der Waals surface area (Å²) in [5, 5.41) is 10.7. The number of nitrogens with one attached hydrogen (secondary N) is 2. The zero-order valence-corrected chi connectivity index (χ0v) is 14.8. The van der Waals surface area contributed by atoms with Gasteiger partial charge in [0.25, 0.3) is 5.91 Å². The van der Waals surface area contributed by atoms with Crippen molar-refractivity contribution >= 4 is 28.7 Å². The maximum Gasteiger partial charge on any atom is 0.276 e. The maximum atomic E-state index is 12.6. The van der Waals surface area contributed by atoms with E-state index < -0.39 is 0 Å². The van der Waals surface area contributed by atoms with Crippen molar-refractivity contribution in [3.05, 3.63) is 42.5 Å². The number of pyridine rings is 1. The first kappa shape index (κ1) is 17.2. The van der Waals surface area contributed by atoms with Crippen LogP contribution in [0.15, 0.2) is 36.8 Å². The van der Waals surface area contributed by atoms with Crippen molar-refractivity contribution in [1.82, 2.24) is 19.6 Å². The van der Waals surface area contributed by atoms with Gasteiger partial charge < -0.3 is 22.1 Å². The zero-order chi connectivity index (χ0) is 18.8. The number of nitrogen functional groups attached to an aromatic ring is 1. The molecule has 0 unspecified atom stereocenters. The van der Waals surface area contributed by atoms with Crippen LogP contribution in [0.4, 0.5) is 17.2 Å². The molecule has 3 aromatic rings. The summed E-state index contributed by atoms with van der Waals surface area (Å²) in [5.41, 5.74) is 14.0. The highest BCUT2D eigenvalue weighted by atomic mass is 16.2. The number of nitrogens with two attached hydrogens (primary N) is 2. The number of anilines is 3. The van der Waals surface area contributed by atoms with Crippen molar-refractivity contribution in [3.63, 3.8) is 0 Å². The third-order valence-corrected chi connectivity index (χ3v) is 4.79. The molecule has 1 saturated carbocycles. The molecule has 3 heterocycles. The fraction of sp³-hybridized carbons (Fsp3) is 0.333. The quantitative estimate of drug-likeness (QED) is 0.551. The predicted molar refractivity (Wildman–Crippen MR) is 103 cm³/mol. The fourth-order valence-electron chi connectivity index (χ4n) is 3.32. The Kier molecular flexibility index (Phi) is 4.59. The third kappa shape index (κ3) is 3.68. The molecule has 1 fully saturated rings. The lowest BCUT2D eigenvalue weighted by molar-refractivity contribution is 0.102. The van der Waals surface area contributed by atoms with Crippen LogP contribution in [0.25, 0.3) is 5.65 Å². The van der Waals surface area contributed by atoms with Gasteiger partial charge in [0.2, 0.25) is 0 Å². The van der Waals surface area contributed by atoms with Crippen molar-refractivity contribution in [2.24, 2.45) is 5.73 Å². The van der Waals surface area contributed by atoms with Crippen molar-refractivity contribution in [3.8, 4) is 0 Å².